The molecule has 1 aromatic heterocycles. The van der Waals surface area contributed by atoms with E-state index in [0.29, 0.717) is 11.8 Å². The van der Waals surface area contributed by atoms with Crippen molar-refractivity contribution in [1.29, 1.82) is 0 Å². The third-order valence-corrected chi connectivity index (χ3v) is 9.86. The molecule has 0 unspecified atom stereocenters. The van der Waals surface area contributed by atoms with Crippen LogP contribution in [0.5, 0.6) is 0 Å². The van der Waals surface area contributed by atoms with Crippen molar-refractivity contribution in [2.45, 2.75) is 68.7 Å². The van der Waals surface area contributed by atoms with Crippen molar-refractivity contribution < 1.29 is 4.79 Å². The molecule has 1 amide bonds. The second-order valence-corrected chi connectivity index (χ2v) is 11.7. The molecule has 7 rings (SSSR count). The van der Waals surface area contributed by atoms with Crippen LogP contribution in [0.2, 0.25) is 0 Å². The van der Waals surface area contributed by atoms with Crippen LogP contribution in [0.3, 0.4) is 0 Å². The summed E-state index contributed by atoms with van der Waals surface area (Å²) >= 11 is 0. The maximum absolute atomic E-state index is 14.7. The quantitative estimate of drug-likeness (QED) is 0.525. The lowest BCUT2D eigenvalue weighted by Crippen LogP contribution is -2.51. The number of hydrogen-bond donors (Lipinski definition) is 1. The van der Waals surface area contributed by atoms with E-state index in [0.717, 1.165) is 64.6 Å². The van der Waals surface area contributed by atoms with Gasteiger partial charge in [0.25, 0.3) is 0 Å². The summed E-state index contributed by atoms with van der Waals surface area (Å²) in [5.74, 6) is 0.822. The zero-order valence-corrected chi connectivity index (χ0v) is 21.7. The number of carbonyl (C=O) groups is 1. The molecule has 1 N–H and O–H groups in total. The molecule has 4 aliphatic rings. The van der Waals surface area contributed by atoms with Crippen LogP contribution in [0.1, 0.15) is 77.6 Å². The molecule has 4 atom stereocenters. The molecule has 3 heterocycles. The predicted octanol–water partition coefficient (Wildman–Crippen LogP) is 5.51. The number of piperidine rings is 1. The molecule has 2 saturated heterocycles. The van der Waals surface area contributed by atoms with Gasteiger partial charge in [0.1, 0.15) is 0 Å². The van der Waals surface area contributed by atoms with Gasteiger partial charge in [-0.3, -0.25) is 9.78 Å². The molecule has 2 aliphatic heterocycles. The number of benzene rings is 2. The number of nitrogens with zero attached hydrogens (tertiary/aromatic N) is 2. The van der Waals surface area contributed by atoms with Gasteiger partial charge in [0.05, 0.1) is 12.0 Å². The molecule has 1 spiro atoms. The molecular formula is C33H37N3O. The van der Waals surface area contributed by atoms with E-state index in [1.54, 1.807) is 0 Å². The fourth-order valence-electron chi connectivity index (χ4n) is 8.12. The monoisotopic (exact) mass is 491 g/mol. The van der Waals surface area contributed by atoms with Crippen LogP contribution in [-0.4, -0.2) is 35.4 Å². The zero-order valence-electron chi connectivity index (χ0n) is 21.7. The first-order valence-electron chi connectivity index (χ1n) is 14.4. The maximum atomic E-state index is 14.7. The fraction of sp³-hybridized carbons (Fsp3) is 0.455. The molecule has 0 saturated carbocycles. The second-order valence-electron chi connectivity index (χ2n) is 11.7. The van der Waals surface area contributed by atoms with Crippen LogP contribution in [0.25, 0.3) is 0 Å². The summed E-state index contributed by atoms with van der Waals surface area (Å²) in [6, 6.07) is 21.8. The van der Waals surface area contributed by atoms with Gasteiger partial charge in [-0.15, -0.1) is 0 Å². The molecule has 3 aromatic rings. The minimum Gasteiger partial charge on any atom is -0.335 e. The van der Waals surface area contributed by atoms with Crippen molar-refractivity contribution in [2.24, 2.45) is 5.92 Å². The molecule has 190 valence electrons. The Balaban J connectivity index is 1.25. The van der Waals surface area contributed by atoms with Crippen molar-refractivity contribution >= 4 is 5.91 Å². The van der Waals surface area contributed by atoms with Crippen LogP contribution < -0.4 is 5.32 Å². The van der Waals surface area contributed by atoms with Crippen LogP contribution in [-0.2, 0) is 29.5 Å². The Kier molecular flexibility index (Phi) is 5.88. The Morgan fingerprint density at radius 1 is 0.946 bits per heavy atom. The summed E-state index contributed by atoms with van der Waals surface area (Å²) in [4.78, 5) is 21.9. The molecule has 2 fully saturated rings. The number of nitrogens with one attached hydrogen (secondary N) is 1. The predicted molar refractivity (Wildman–Crippen MR) is 147 cm³/mol. The van der Waals surface area contributed by atoms with Crippen molar-refractivity contribution in [1.82, 2.24) is 15.2 Å². The molecule has 2 aromatic carbocycles. The van der Waals surface area contributed by atoms with Gasteiger partial charge in [0.15, 0.2) is 0 Å². The highest BCUT2D eigenvalue weighted by Crippen LogP contribution is 2.50. The molecule has 37 heavy (non-hydrogen) atoms. The first kappa shape index (κ1) is 23.2. The van der Waals surface area contributed by atoms with Crippen molar-refractivity contribution in [3.8, 4) is 0 Å². The Morgan fingerprint density at radius 3 is 2.54 bits per heavy atom. The second kappa shape index (κ2) is 9.40. The standard InChI is InChI=1S/C33H37N3O/c37-32(28-21-34-22-33(28)17-8-15-29-31(33)27-14-7-13-26(27)20-35-29)36-18-16-25(23-9-3-1-4-10-23)19-30(36)24-11-5-2-6-12-24/h1-6,9-12,20,25,28,30,34H,7-8,13-19,21-22H2/t25-,28+,30+,33-/m1/s1. The molecule has 4 heteroatoms. The average molecular weight is 492 g/mol. The number of aromatic nitrogens is 1. The van der Waals surface area contributed by atoms with Gasteiger partial charge >= 0.3 is 0 Å². The summed E-state index contributed by atoms with van der Waals surface area (Å²) in [5.41, 5.74) is 8.27. The van der Waals surface area contributed by atoms with Crippen LogP contribution >= 0.6 is 0 Å². The summed E-state index contributed by atoms with van der Waals surface area (Å²) in [6.45, 7) is 2.51. The van der Waals surface area contributed by atoms with E-state index in [-0.39, 0.29) is 17.4 Å². The number of pyridine rings is 1. The molecule has 4 nitrogen and oxygen atoms in total. The Morgan fingerprint density at radius 2 is 1.73 bits per heavy atom. The lowest BCUT2D eigenvalue weighted by molar-refractivity contribution is -0.141. The zero-order chi connectivity index (χ0) is 24.8. The number of rotatable bonds is 3. The van der Waals surface area contributed by atoms with E-state index >= 15 is 0 Å². The first-order chi connectivity index (χ1) is 18.2. The van der Waals surface area contributed by atoms with E-state index in [1.807, 2.05) is 0 Å². The minimum absolute atomic E-state index is 0.0139. The Hall–Kier alpha value is -2.98. The summed E-state index contributed by atoms with van der Waals surface area (Å²) in [7, 11) is 0. The molecule has 0 bridgehead atoms. The van der Waals surface area contributed by atoms with E-state index < -0.39 is 0 Å². The Bertz CT molecular complexity index is 1290. The Labute approximate surface area is 220 Å². The van der Waals surface area contributed by atoms with Gasteiger partial charge in [-0.05, 0) is 85.1 Å². The van der Waals surface area contributed by atoms with Gasteiger partial charge in [-0.2, -0.15) is 0 Å². The highest BCUT2D eigenvalue weighted by molar-refractivity contribution is 5.83. The molecular weight excluding hydrogens is 454 g/mol. The highest BCUT2D eigenvalue weighted by atomic mass is 16.2. The molecule has 0 radical (unpaired) electrons. The van der Waals surface area contributed by atoms with Gasteiger partial charge in [0.2, 0.25) is 5.91 Å². The van der Waals surface area contributed by atoms with Crippen molar-refractivity contribution in [2.75, 3.05) is 19.6 Å². The third-order valence-electron chi connectivity index (χ3n) is 9.86. The number of likely N-dealkylation sites (tertiary alicyclic amines) is 1. The van der Waals surface area contributed by atoms with E-state index in [1.165, 1.54) is 39.9 Å². The number of hydrogen-bond acceptors (Lipinski definition) is 3. The smallest absolute Gasteiger partial charge is 0.228 e. The van der Waals surface area contributed by atoms with Crippen molar-refractivity contribution in [3.63, 3.8) is 0 Å². The summed E-state index contributed by atoms with van der Waals surface area (Å²) < 4.78 is 0. The lowest BCUT2D eigenvalue weighted by atomic mass is 9.63. The minimum atomic E-state index is -0.106. The summed E-state index contributed by atoms with van der Waals surface area (Å²) in [6.07, 6.45) is 10.9. The van der Waals surface area contributed by atoms with Crippen LogP contribution in [0.15, 0.2) is 66.9 Å². The number of carbonyl (C=O) groups excluding carboxylic acids is 1. The molecule has 2 aliphatic carbocycles. The number of aryl methyl sites for hydroxylation is 2. The highest BCUT2D eigenvalue weighted by Gasteiger charge is 2.53. The number of fused-ring (bicyclic) bond motifs is 4. The van der Waals surface area contributed by atoms with E-state index in [2.05, 4.69) is 77.1 Å². The van der Waals surface area contributed by atoms with E-state index in [4.69, 9.17) is 4.98 Å². The topological polar surface area (TPSA) is 45.2 Å². The van der Waals surface area contributed by atoms with Crippen molar-refractivity contribution in [3.05, 3.63) is 100 Å². The normalized spacial score (nSPS) is 28.8. The van der Waals surface area contributed by atoms with Gasteiger partial charge in [-0.1, -0.05) is 60.7 Å². The van der Waals surface area contributed by atoms with Gasteiger partial charge in [-0.25, -0.2) is 0 Å². The summed E-state index contributed by atoms with van der Waals surface area (Å²) in [5, 5.41) is 3.70. The van der Waals surface area contributed by atoms with E-state index in [9.17, 15) is 4.79 Å². The lowest BCUT2D eigenvalue weighted by Gasteiger charge is -2.45. The maximum Gasteiger partial charge on any atom is 0.228 e. The SMILES string of the molecule is O=C([C@@H]1CNC[C@]12CCCc1ncc3c(c12)CCC3)N1CC[C@@H](c2ccccc2)C[C@H]1c1ccccc1. The van der Waals surface area contributed by atoms with Gasteiger partial charge < -0.3 is 10.2 Å². The van der Waals surface area contributed by atoms with Crippen LogP contribution in [0, 0.1) is 5.92 Å². The van der Waals surface area contributed by atoms with Crippen LogP contribution in [0.4, 0.5) is 0 Å². The average Bonchev–Trinajstić information content (AvgIpc) is 3.61. The van der Waals surface area contributed by atoms with Gasteiger partial charge in [0, 0.05) is 36.9 Å². The first-order valence-corrected chi connectivity index (χ1v) is 14.4. The number of amides is 1. The fourth-order valence-corrected chi connectivity index (χ4v) is 8.12. The largest absolute Gasteiger partial charge is 0.335 e. The third kappa shape index (κ3) is 3.84.